The van der Waals surface area contributed by atoms with Gasteiger partial charge in [0.2, 0.25) is 5.82 Å². The predicted octanol–water partition coefficient (Wildman–Crippen LogP) is 3.67. The van der Waals surface area contributed by atoms with Crippen molar-refractivity contribution in [2.24, 2.45) is 0 Å². The number of halogens is 1. The van der Waals surface area contributed by atoms with E-state index in [-0.39, 0.29) is 17.2 Å². The highest BCUT2D eigenvalue weighted by atomic mass is 35.5. The van der Waals surface area contributed by atoms with E-state index in [2.05, 4.69) is 10.3 Å². The monoisotopic (exact) mass is 425 g/mol. The van der Waals surface area contributed by atoms with E-state index in [0.717, 1.165) is 0 Å². The third-order valence-electron chi connectivity index (χ3n) is 4.85. The minimum atomic E-state index is -0.933. The summed E-state index contributed by atoms with van der Waals surface area (Å²) in [6.45, 7) is 1.61. The van der Waals surface area contributed by atoms with Gasteiger partial charge in [-0.3, -0.25) is 14.5 Å². The maximum absolute atomic E-state index is 13.0. The van der Waals surface area contributed by atoms with Gasteiger partial charge in [-0.25, -0.2) is 4.63 Å². The fourth-order valence-corrected chi connectivity index (χ4v) is 3.49. The van der Waals surface area contributed by atoms with Crippen LogP contribution in [0.1, 0.15) is 22.9 Å². The lowest BCUT2D eigenvalue weighted by atomic mass is 9.95. The standard InChI is InChI=1S/C21H16ClN3O5/c1-11-20(24-30-23-11)25-17(12-5-9-15(29-2)10-6-12)16(19(27)21(25)28)18(26)13-3-7-14(22)8-4-13/h3-10,17,26H,1-2H3. The van der Waals surface area contributed by atoms with E-state index in [4.69, 9.17) is 21.0 Å². The molecule has 1 unspecified atom stereocenters. The molecule has 0 saturated carbocycles. The molecule has 1 amide bonds. The molecule has 1 saturated heterocycles. The average molecular weight is 426 g/mol. The summed E-state index contributed by atoms with van der Waals surface area (Å²) in [5.41, 5.74) is 1.19. The van der Waals surface area contributed by atoms with Gasteiger partial charge in [0, 0.05) is 10.6 Å². The van der Waals surface area contributed by atoms with Crippen molar-refractivity contribution in [3.8, 4) is 5.75 Å². The van der Waals surface area contributed by atoms with E-state index in [0.29, 0.717) is 27.6 Å². The molecule has 2 heterocycles. The number of anilines is 1. The van der Waals surface area contributed by atoms with Gasteiger partial charge in [0.15, 0.2) is 0 Å². The van der Waals surface area contributed by atoms with Crippen molar-refractivity contribution in [3.63, 3.8) is 0 Å². The number of benzene rings is 2. The molecule has 9 heteroatoms. The Hall–Kier alpha value is -3.65. The van der Waals surface area contributed by atoms with Crippen molar-refractivity contribution < 1.29 is 24.1 Å². The van der Waals surface area contributed by atoms with Gasteiger partial charge in [-0.1, -0.05) is 28.9 Å². The van der Waals surface area contributed by atoms with E-state index in [1.165, 1.54) is 12.0 Å². The molecule has 1 aliphatic heterocycles. The highest BCUT2D eigenvalue weighted by molar-refractivity contribution is 6.51. The van der Waals surface area contributed by atoms with Gasteiger partial charge in [-0.2, -0.15) is 0 Å². The molecular weight excluding hydrogens is 410 g/mol. The molecule has 152 valence electrons. The number of methoxy groups -OCH3 is 1. The van der Waals surface area contributed by atoms with Gasteiger partial charge in [-0.15, -0.1) is 0 Å². The number of nitrogens with zero attached hydrogens (tertiary/aromatic N) is 3. The fourth-order valence-electron chi connectivity index (χ4n) is 3.36. The maximum Gasteiger partial charge on any atom is 0.301 e. The number of aliphatic hydroxyl groups is 1. The zero-order chi connectivity index (χ0) is 21.4. The first kappa shape index (κ1) is 19.7. The van der Waals surface area contributed by atoms with E-state index in [9.17, 15) is 14.7 Å². The van der Waals surface area contributed by atoms with Crippen molar-refractivity contribution in [2.75, 3.05) is 12.0 Å². The number of rotatable bonds is 4. The molecule has 2 aromatic carbocycles. The number of aryl methyl sites for hydroxylation is 1. The third-order valence-corrected chi connectivity index (χ3v) is 5.10. The summed E-state index contributed by atoms with van der Waals surface area (Å²) in [5.74, 6) is -1.29. The van der Waals surface area contributed by atoms with Gasteiger partial charge in [-0.05, 0) is 54.0 Å². The first-order valence-electron chi connectivity index (χ1n) is 8.92. The Balaban J connectivity index is 1.93. The first-order valence-corrected chi connectivity index (χ1v) is 9.30. The van der Waals surface area contributed by atoms with Crippen LogP contribution >= 0.6 is 11.6 Å². The normalized spacial score (nSPS) is 18.1. The summed E-state index contributed by atoms with van der Waals surface area (Å²) in [5, 5.41) is 18.9. The zero-order valence-electron chi connectivity index (χ0n) is 16.0. The second kappa shape index (κ2) is 7.64. The molecule has 1 aromatic heterocycles. The topological polar surface area (TPSA) is 106 Å². The Morgan fingerprint density at radius 1 is 1.10 bits per heavy atom. The van der Waals surface area contributed by atoms with Crippen molar-refractivity contribution >= 4 is 34.9 Å². The molecule has 0 spiro atoms. The van der Waals surface area contributed by atoms with Gasteiger partial charge >= 0.3 is 5.91 Å². The molecule has 1 N–H and O–H groups in total. The summed E-state index contributed by atoms with van der Waals surface area (Å²) in [6.07, 6.45) is 0. The average Bonchev–Trinajstić information content (AvgIpc) is 3.28. The van der Waals surface area contributed by atoms with Crippen LogP contribution in [0.15, 0.2) is 58.7 Å². The van der Waals surface area contributed by atoms with E-state index < -0.39 is 17.7 Å². The van der Waals surface area contributed by atoms with Crippen molar-refractivity contribution in [3.05, 3.63) is 75.9 Å². The molecular formula is C21H16ClN3O5. The number of hydrogen-bond donors (Lipinski definition) is 1. The van der Waals surface area contributed by atoms with E-state index in [1.54, 1.807) is 55.5 Å². The summed E-state index contributed by atoms with van der Waals surface area (Å²) in [6, 6.07) is 12.2. The number of ether oxygens (including phenoxy) is 1. The van der Waals surface area contributed by atoms with Crippen LogP contribution in [0.4, 0.5) is 5.82 Å². The second-order valence-corrected chi connectivity index (χ2v) is 7.06. The van der Waals surface area contributed by atoms with Crippen LogP contribution in [0.5, 0.6) is 5.75 Å². The molecule has 4 rings (SSSR count). The van der Waals surface area contributed by atoms with Crippen LogP contribution in [-0.2, 0) is 9.59 Å². The Morgan fingerprint density at radius 2 is 1.77 bits per heavy atom. The van der Waals surface area contributed by atoms with Crippen LogP contribution in [-0.4, -0.2) is 34.2 Å². The van der Waals surface area contributed by atoms with Crippen LogP contribution in [0, 0.1) is 6.92 Å². The minimum absolute atomic E-state index is 0.0742. The van der Waals surface area contributed by atoms with Crippen molar-refractivity contribution in [1.82, 2.24) is 10.3 Å². The summed E-state index contributed by atoms with van der Waals surface area (Å²) in [7, 11) is 1.53. The number of amides is 1. The number of carbonyl (C=O) groups is 2. The number of carbonyl (C=O) groups excluding carboxylic acids is 2. The lowest BCUT2D eigenvalue weighted by molar-refractivity contribution is -0.132. The molecule has 0 radical (unpaired) electrons. The number of ketones is 1. The summed E-state index contributed by atoms with van der Waals surface area (Å²) >= 11 is 5.92. The van der Waals surface area contributed by atoms with Gasteiger partial charge in [0.1, 0.15) is 17.2 Å². The van der Waals surface area contributed by atoms with Gasteiger partial charge in [0.25, 0.3) is 5.78 Å². The first-order chi connectivity index (χ1) is 14.4. The number of aliphatic hydroxyl groups excluding tert-OH is 1. The second-order valence-electron chi connectivity index (χ2n) is 6.62. The molecule has 0 bridgehead atoms. The Bertz CT molecular complexity index is 1150. The number of hydrogen-bond acceptors (Lipinski definition) is 7. The number of Topliss-reactive ketones (excluding diaryl/α,β-unsaturated/α-hetero) is 1. The van der Waals surface area contributed by atoms with Crippen molar-refractivity contribution in [2.45, 2.75) is 13.0 Å². The highest BCUT2D eigenvalue weighted by Gasteiger charge is 2.48. The highest BCUT2D eigenvalue weighted by Crippen LogP contribution is 2.42. The summed E-state index contributed by atoms with van der Waals surface area (Å²) in [4.78, 5) is 27.1. The third kappa shape index (κ3) is 3.21. The molecule has 8 nitrogen and oxygen atoms in total. The van der Waals surface area contributed by atoms with E-state index >= 15 is 0 Å². The smallest absolute Gasteiger partial charge is 0.301 e. The Kier molecular flexibility index (Phi) is 5.01. The minimum Gasteiger partial charge on any atom is -0.507 e. The maximum atomic E-state index is 13.0. The molecule has 1 atom stereocenters. The summed E-state index contributed by atoms with van der Waals surface area (Å²) < 4.78 is 9.93. The lowest BCUT2D eigenvalue weighted by Gasteiger charge is -2.23. The largest absolute Gasteiger partial charge is 0.507 e. The molecule has 3 aromatic rings. The zero-order valence-corrected chi connectivity index (χ0v) is 16.8. The molecule has 1 aliphatic rings. The van der Waals surface area contributed by atoms with Crippen LogP contribution < -0.4 is 9.64 Å². The number of aromatic nitrogens is 2. The predicted molar refractivity (Wildman–Crippen MR) is 108 cm³/mol. The Morgan fingerprint density at radius 3 is 2.33 bits per heavy atom. The van der Waals surface area contributed by atoms with Crippen LogP contribution in [0.25, 0.3) is 5.76 Å². The molecule has 0 aliphatic carbocycles. The Labute approximate surface area is 176 Å². The van der Waals surface area contributed by atoms with Gasteiger partial charge < -0.3 is 9.84 Å². The van der Waals surface area contributed by atoms with Crippen LogP contribution in [0.2, 0.25) is 5.02 Å². The lowest BCUT2D eigenvalue weighted by Crippen LogP contribution is -2.30. The fraction of sp³-hybridized carbons (Fsp3) is 0.143. The van der Waals surface area contributed by atoms with Gasteiger partial charge in [0.05, 0.1) is 18.7 Å². The van der Waals surface area contributed by atoms with E-state index in [1.807, 2.05) is 0 Å². The van der Waals surface area contributed by atoms with Crippen LogP contribution in [0.3, 0.4) is 0 Å². The molecule has 30 heavy (non-hydrogen) atoms. The quantitative estimate of drug-likeness (QED) is 0.386. The molecule has 1 fully saturated rings. The SMILES string of the molecule is COc1ccc(C2C(=C(O)c3ccc(Cl)cc3)C(=O)C(=O)N2c2nonc2C)cc1. The van der Waals surface area contributed by atoms with Crippen molar-refractivity contribution in [1.29, 1.82) is 0 Å².